The van der Waals surface area contributed by atoms with Crippen molar-refractivity contribution in [3.8, 4) is 0 Å². The molecule has 1 amide bonds. The fourth-order valence-corrected chi connectivity index (χ4v) is 6.12. The molecule has 6 nitrogen and oxygen atoms in total. The van der Waals surface area contributed by atoms with E-state index in [4.69, 9.17) is 0 Å². The van der Waals surface area contributed by atoms with Crippen molar-refractivity contribution in [1.29, 1.82) is 0 Å². The summed E-state index contributed by atoms with van der Waals surface area (Å²) in [6, 6.07) is 13.6. The van der Waals surface area contributed by atoms with E-state index in [1.165, 1.54) is 0 Å². The van der Waals surface area contributed by atoms with Crippen LogP contribution in [0.25, 0.3) is 0 Å². The number of benzene rings is 2. The molecule has 2 aromatic rings. The highest BCUT2D eigenvalue weighted by atomic mass is 32.2. The molecule has 2 aromatic carbocycles. The van der Waals surface area contributed by atoms with Crippen LogP contribution in [0, 0.1) is 5.92 Å². The first-order chi connectivity index (χ1) is 17.5. The average Bonchev–Trinajstić information content (AvgIpc) is 2.89. The van der Waals surface area contributed by atoms with Crippen molar-refractivity contribution in [2.75, 3.05) is 6.54 Å². The largest absolute Gasteiger partial charge is 0.416 e. The number of likely N-dealkylation sites (tertiary alicyclic amines) is 1. The summed E-state index contributed by atoms with van der Waals surface area (Å²) < 4.78 is 64.0. The number of nitrogens with one attached hydrogen (secondary N) is 1. The number of sulfonamides is 1. The first kappa shape index (κ1) is 28.8. The van der Waals surface area contributed by atoms with E-state index in [9.17, 15) is 31.2 Å². The van der Waals surface area contributed by atoms with E-state index in [2.05, 4.69) is 4.72 Å². The molecule has 1 saturated heterocycles. The fraction of sp³-hybridized carbons (Fsp3) is 0.481. The van der Waals surface area contributed by atoms with Gasteiger partial charge in [-0.2, -0.15) is 13.2 Å². The molecule has 2 fully saturated rings. The monoisotopic (exact) mass is 538 g/mol. The van der Waals surface area contributed by atoms with Crippen LogP contribution in [0.5, 0.6) is 0 Å². The van der Waals surface area contributed by atoms with Gasteiger partial charge in [-0.3, -0.25) is 4.79 Å². The van der Waals surface area contributed by atoms with E-state index in [1.807, 2.05) is 35.2 Å². The molecule has 0 unspecified atom stereocenters. The topological polar surface area (TPSA) is 83.6 Å². The van der Waals surface area contributed by atoms with E-state index >= 15 is 0 Å². The second-order valence-corrected chi connectivity index (χ2v) is 11.3. The summed E-state index contributed by atoms with van der Waals surface area (Å²) in [6.07, 6.45) is 2.84. The Kier molecular flexibility index (Phi) is 9.89. The molecule has 1 saturated carbocycles. The number of alkyl halides is 3. The van der Waals surface area contributed by atoms with Crippen molar-refractivity contribution in [2.24, 2.45) is 5.92 Å². The van der Waals surface area contributed by atoms with Crippen LogP contribution in [0.15, 0.2) is 59.5 Å². The number of halogens is 3. The average molecular weight is 539 g/mol. The summed E-state index contributed by atoms with van der Waals surface area (Å²) in [4.78, 5) is 24.2. The predicted octanol–water partition coefficient (Wildman–Crippen LogP) is 5.50. The third-order valence-corrected chi connectivity index (χ3v) is 8.35. The van der Waals surface area contributed by atoms with Crippen molar-refractivity contribution in [3.63, 3.8) is 0 Å². The van der Waals surface area contributed by atoms with Gasteiger partial charge in [-0.25, -0.2) is 13.1 Å². The summed E-state index contributed by atoms with van der Waals surface area (Å²) in [5, 5.41) is 0. The number of amides is 1. The van der Waals surface area contributed by atoms with Gasteiger partial charge in [0.05, 0.1) is 16.5 Å². The predicted molar refractivity (Wildman–Crippen MR) is 134 cm³/mol. The van der Waals surface area contributed by atoms with Gasteiger partial charge in [-0.05, 0) is 55.5 Å². The van der Waals surface area contributed by atoms with E-state index in [0.29, 0.717) is 6.54 Å². The lowest BCUT2D eigenvalue weighted by Crippen LogP contribution is -2.41. The molecule has 1 N–H and O–H groups in total. The van der Waals surface area contributed by atoms with Crippen LogP contribution in [-0.4, -0.2) is 38.1 Å². The second-order valence-electron chi connectivity index (χ2n) is 9.55. The third kappa shape index (κ3) is 8.13. The lowest BCUT2D eigenvalue weighted by atomic mass is 9.89. The Balaban J connectivity index is 0.000000208. The van der Waals surface area contributed by atoms with E-state index in [-0.39, 0.29) is 28.8 Å². The molecule has 0 spiro atoms. The summed E-state index contributed by atoms with van der Waals surface area (Å²) in [6.45, 7) is 2.13. The number of nitrogens with zero attached hydrogens (tertiary/aromatic N) is 1. The van der Waals surface area contributed by atoms with Crippen molar-refractivity contribution < 1.29 is 31.2 Å². The number of hydrogen-bond acceptors (Lipinski definition) is 4. The number of hydrogen-bond donors (Lipinski definition) is 1. The van der Waals surface area contributed by atoms with Crippen molar-refractivity contribution >= 4 is 22.2 Å². The Morgan fingerprint density at radius 3 is 2.11 bits per heavy atom. The molecule has 202 valence electrons. The number of aldehydes is 1. The Morgan fingerprint density at radius 1 is 0.946 bits per heavy atom. The molecule has 37 heavy (non-hydrogen) atoms. The lowest BCUT2D eigenvalue weighted by Gasteiger charge is -2.37. The summed E-state index contributed by atoms with van der Waals surface area (Å²) in [5.74, 6) is 0.0456. The number of piperidine rings is 1. The normalized spacial score (nSPS) is 21.0. The maximum Gasteiger partial charge on any atom is 0.416 e. The van der Waals surface area contributed by atoms with E-state index in [0.717, 1.165) is 81.1 Å². The highest BCUT2D eigenvalue weighted by molar-refractivity contribution is 7.89. The van der Waals surface area contributed by atoms with Crippen LogP contribution in [0.4, 0.5) is 13.2 Å². The van der Waals surface area contributed by atoms with Crippen LogP contribution >= 0.6 is 0 Å². The van der Waals surface area contributed by atoms with Crippen LogP contribution in [0.1, 0.15) is 69.0 Å². The maximum absolute atomic E-state index is 12.4. The van der Waals surface area contributed by atoms with Gasteiger partial charge in [0, 0.05) is 25.4 Å². The van der Waals surface area contributed by atoms with Crippen LogP contribution in [-0.2, 0) is 25.8 Å². The molecule has 2 aliphatic rings. The zero-order valence-electron chi connectivity index (χ0n) is 20.8. The Morgan fingerprint density at radius 2 is 1.57 bits per heavy atom. The quantitative estimate of drug-likeness (QED) is 0.510. The van der Waals surface area contributed by atoms with E-state index < -0.39 is 21.8 Å². The highest BCUT2D eigenvalue weighted by Crippen LogP contribution is 2.33. The molecule has 1 aliphatic carbocycles. The van der Waals surface area contributed by atoms with Gasteiger partial charge >= 0.3 is 6.18 Å². The summed E-state index contributed by atoms with van der Waals surface area (Å²) in [7, 11) is -3.74. The minimum Gasteiger partial charge on any atom is -0.335 e. The molecule has 2 atom stereocenters. The Labute approximate surface area is 216 Å². The first-order valence-electron chi connectivity index (χ1n) is 12.5. The standard InChI is InChI=1S/C14H17NO2.C13H16F3NO2S/c1-11(17)15-9-12(10-16)7-8-14(15)13-5-3-2-4-6-13;14-13(15,16)10-6-8-12(9-7-10)20(18,19)17-11-4-2-1-3-5-11/h2-6,10,12,14H,7-9H2,1H3;6-9,11,17H,1-5H2/t12-,14-;/m1./s1. The number of carbonyl (C=O) groups excluding carboxylic acids is 2. The number of rotatable bonds is 5. The van der Waals surface area contributed by atoms with Crippen molar-refractivity contribution in [1.82, 2.24) is 9.62 Å². The molecular weight excluding hydrogens is 505 g/mol. The van der Waals surface area contributed by atoms with Crippen molar-refractivity contribution in [2.45, 2.75) is 75.0 Å². The van der Waals surface area contributed by atoms with Crippen LogP contribution in [0.2, 0.25) is 0 Å². The molecule has 10 heteroatoms. The number of carbonyl (C=O) groups is 2. The maximum atomic E-state index is 12.4. The molecule has 1 heterocycles. The summed E-state index contributed by atoms with van der Waals surface area (Å²) >= 11 is 0. The van der Waals surface area contributed by atoms with Gasteiger partial charge in [-0.15, -0.1) is 0 Å². The Hall–Kier alpha value is -2.72. The van der Waals surface area contributed by atoms with Crippen LogP contribution in [0.3, 0.4) is 0 Å². The zero-order chi connectivity index (χ0) is 27.1. The minimum absolute atomic E-state index is 0.00105. The van der Waals surface area contributed by atoms with Gasteiger partial charge in [-0.1, -0.05) is 49.6 Å². The molecular formula is C27H33F3N2O4S. The smallest absolute Gasteiger partial charge is 0.335 e. The van der Waals surface area contributed by atoms with E-state index in [1.54, 1.807) is 6.92 Å². The minimum atomic E-state index is -4.46. The first-order valence-corrected chi connectivity index (χ1v) is 14.0. The Bertz CT molecular complexity index is 1130. The lowest BCUT2D eigenvalue weighted by molar-refractivity contribution is -0.137. The molecule has 0 bridgehead atoms. The molecule has 0 radical (unpaired) electrons. The van der Waals surface area contributed by atoms with Gasteiger partial charge in [0.25, 0.3) is 0 Å². The summed E-state index contributed by atoms with van der Waals surface area (Å²) in [5.41, 5.74) is 0.307. The second kappa shape index (κ2) is 12.7. The van der Waals surface area contributed by atoms with Crippen molar-refractivity contribution in [3.05, 3.63) is 65.7 Å². The van der Waals surface area contributed by atoms with Gasteiger partial charge < -0.3 is 9.69 Å². The van der Waals surface area contributed by atoms with Gasteiger partial charge in [0.15, 0.2) is 0 Å². The fourth-order valence-electron chi connectivity index (χ4n) is 4.81. The van der Waals surface area contributed by atoms with Crippen LogP contribution < -0.4 is 4.72 Å². The van der Waals surface area contributed by atoms with Gasteiger partial charge in [0.1, 0.15) is 6.29 Å². The highest BCUT2D eigenvalue weighted by Gasteiger charge is 2.32. The zero-order valence-corrected chi connectivity index (χ0v) is 21.6. The third-order valence-electron chi connectivity index (χ3n) is 6.82. The molecule has 1 aliphatic heterocycles. The molecule has 4 rings (SSSR count). The SMILES string of the molecule is CC(=O)N1C[C@H](C=O)CC[C@@H]1c1ccccc1.O=S(=O)(NC1CCCCC1)c1ccc(C(F)(F)F)cc1. The molecule has 0 aromatic heterocycles. The van der Waals surface area contributed by atoms with Gasteiger partial charge in [0.2, 0.25) is 15.9 Å².